The number of rotatable bonds is 1. The van der Waals surface area contributed by atoms with E-state index in [1.165, 1.54) is 0 Å². The molecule has 1 aromatic rings. The number of hydrogen-bond donors (Lipinski definition) is 0. The van der Waals surface area contributed by atoms with E-state index < -0.39 is 5.60 Å². The third-order valence-corrected chi connectivity index (χ3v) is 4.17. The van der Waals surface area contributed by atoms with Crippen molar-refractivity contribution in [3.63, 3.8) is 0 Å². The molecule has 0 aliphatic carbocycles. The quantitative estimate of drug-likeness (QED) is 0.800. The molecule has 1 spiro atoms. The van der Waals surface area contributed by atoms with E-state index in [4.69, 9.17) is 16.3 Å². The first-order valence-electron chi connectivity index (χ1n) is 7.10. The molecular weight excluding hydrogens is 290 g/mol. The molecule has 5 nitrogen and oxygen atoms in total. The SMILES string of the molecule is CC(C)(C)OC(=O)N1CC2(C1)CN(c1cnccc1Cl)C2. The Morgan fingerprint density at radius 3 is 2.57 bits per heavy atom. The van der Waals surface area contributed by atoms with Gasteiger partial charge in [-0.05, 0) is 26.8 Å². The number of carbonyl (C=O) groups is 1. The first kappa shape index (κ1) is 14.4. The highest BCUT2D eigenvalue weighted by Gasteiger charge is 2.54. The van der Waals surface area contributed by atoms with Gasteiger partial charge in [-0.2, -0.15) is 0 Å². The highest BCUT2D eigenvalue weighted by molar-refractivity contribution is 6.33. The maximum absolute atomic E-state index is 11.9. The van der Waals surface area contributed by atoms with Gasteiger partial charge in [-0.1, -0.05) is 11.6 Å². The van der Waals surface area contributed by atoms with Crippen molar-refractivity contribution in [1.82, 2.24) is 9.88 Å². The average molecular weight is 310 g/mol. The first-order chi connectivity index (χ1) is 9.78. The van der Waals surface area contributed by atoms with Crippen LogP contribution in [-0.2, 0) is 4.74 Å². The molecule has 6 heteroatoms. The van der Waals surface area contributed by atoms with Crippen molar-refractivity contribution in [2.75, 3.05) is 31.1 Å². The fourth-order valence-corrected chi connectivity index (χ4v) is 3.18. The monoisotopic (exact) mass is 309 g/mol. The van der Waals surface area contributed by atoms with E-state index >= 15 is 0 Å². The van der Waals surface area contributed by atoms with Crippen molar-refractivity contribution in [2.45, 2.75) is 26.4 Å². The highest BCUT2D eigenvalue weighted by atomic mass is 35.5. The number of likely N-dealkylation sites (tertiary alicyclic amines) is 1. The Morgan fingerprint density at radius 2 is 2.00 bits per heavy atom. The van der Waals surface area contributed by atoms with Gasteiger partial charge >= 0.3 is 6.09 Å². The van der Waals surface area contributed by atoms with Crippen LogP contribution in [0.5, 0.6) is 0 Å². The van der Waals surface area contributed by atoms with Gasteiger partial charge in [0.2, 0.25) is 0 Å². The lowest BCUT2D eigenvalue weighted by molar-refractivity contribution is -0.0453. The molecule has 2 aliphatic heterocycles. The molecule has 2 aliphatic rings. The van der Waals surface area contributed by atoms with Crippen LogP contribution in [0, 0.1) is 5.41 Å². The van der Waals surface area contributed by atoms with Crippen molar-refractivity contribution in [3.05, 3.63) is 23.5 Å². The van der Waals surface area contributed by atoms with E-state index in [0.717, 1.165) is 36.9 Å². The number of anilines is 1. The van der Waals surface area contributed by atoms with Crippen LogP contribution in [0.3, 0.4) is 0 Å². The predicted molar refractivity (Wildman–Crippen MR) is 81.7 cm³/mol. The molecule has 3 heterocycles. The summed E-state index contributed by atoms with van der Waals surface area (Å²) in [7, 11) is 0. The number of hydrogen-bond acceptors (Lipinski definition) is 4. The molecule has 1 aromatic heterocycles. The maximum Gasteiger partial charge on any atom is 0.410 e. The van der Waals surface area contributed by atoms with Crippen LogP contribution in [-0.4, -0.2) is 47.8 Å². The molecule has 0 bridgehead atoms. The average Bonchev–Trinajstić information content (AvgIpc) is 2.25. The van der Waals surface area contributed by atoms with Crippen LogP contribution in [0.25, 0.3) is 0 Å². The summed E-state index contributed by atoms with van der Waals surface area (Å²) in [6.45, 7) is 9.00. The fraction of sp³-hybridized carbons (Fsp3) is 0.600. The van der Waals surface area contributed by atoms with E-state index in [0.29, 0.717) is 0 Å². The number of carbonyl (C=O) groups excluding carboxylic acids is 1. The molecule has 3 rings (SSSR count). The lowest BCUT2D eigenvalue weighted by atomic mass is 9.73. The van der Waals surface area contributed by atoms with Crippen LogP contribution < -0.4 is 4.90 Å². The van der Waals surface area contributed by atoms with Crippen molar-refractivity contribution < 1.29 is 9.53 Å². The Balaban J connectivity index is 1.52. The zero-order valence-corrected chi connectivity index (χ0v) is 13.4. The van der Waals surface area contributed by atoms with Crippen LogP contribution in [0.2, 0.25) is 5.02 Å². The summed E-state index contributed by atoms with van der Waals surface area (Å²) in [5, 5.41) is 0.725. The number of amides is 1. The molecule has 0 saturated carbocycles. The third kappa shape index (κ3) is 2.79. The van der Waals surface area contributed by atoms with E-state index in [1.54, 1.807) is 23.4 Å². The molecule has 114 valence electrons. The van der Waals surface area contributed by atoms with Crippen LogP contribution in [0.4, 0.5) is 10.5 Å². The Kier molecular flexibility index (Phi) is 3.28. The minimum atomic E-state index is -0.436. The number of ether oxygens (including phenoxy) is 1. The molecule has 2 saturated heterocycles. The molecule has 0 unspecified atom stereocenters. The van der Waals surface area contributed by atoms with Crippen molar-refractivity contribution in [2.24, 2.45) is 5.41 Å². The Morgan fingerprint density at radius 1 is 1.33 bits per heavy atom. The standard InChI is InChI=1S/C15H20ClN3O2/c1-14(2,3)21-13(20)19-9-15(10-19)7-18(8-15)12-6-17-5-4-11(12)16/h4-6H,7-10H2,1-3H3. The lowest BCUT2D eigenvalue weighted by Gasteiger charge is -2.60. The molecule has 1 amide bonds. The zero-order chi connectivity index (χ0) is 15.3. The molecule has 0 N–H and O–H groups in total. The van der Waals surface area contributed by atoms with E-state index in [9.17, 15) is 4.79 Å². The van der Waals surface area contributed by atoms with Crippen LogP contribution >= 0.6 is 11.6 Å². The number of pyridine rings is 1. The summed E-state index contributed by atoms with van der Waals surface area (Å²) >= 11 is 6.17. The van der Waals surface area contributed by atoms with E-state index in [2.05, 4.69) is 9.88 Å². The van der Waals surface area contributed by atoms with Gasteiger partial charge in [0.25, 0.3) is 0 Å². The second kappa shape index (κ2) is 4.77. The van der Waals surface area contributed by atoms with Gasteiger partial charge in [0.15, 0.2) is 0 Å². The van der Waals surface area contributed by atoms with E-state index in [1.807, 2.05) is 20.8 Å². The first-order valence-corrected chi connectivity index (χ1v) is 7.48. The van der Waals surface area contributed by atoms with Gasteiger partial charge < -0.3 is 14.5 Å². The van der Waals surface area contributed by atoms with Gasteiger partial charge in [-0.3, -0.25) is 4.98 Å². The van der Waals surface area contributed by atoms with Crippen LogP contribution in [0.1, 0.15) is 20.8 Å². The lowest BCUT2D eigenvalue weighted by Crippen LogP contribution is -2.73. The van der Waals surface area contributed by atoms with Gasteiger partial charge in [0.05, 0.1) is 16.9 Å². The smallest absolute Gasteiger partial charge is 0.410 e. The molecule has 0 aromatic carbocycles. The molecule has 0 radical (unpaired) electrons. The van der Waals surface area contributed by atoms with Gasteiger partial charge in [-0.15, -0.1) is 0 Å². The topological polar surface area (TPSA) is 45.7 Å². The largest absolute Gasteiger partial charge is 0.444 e. The second-order valence-corrected chi connectivity index (χ2v) is 7.43. The zero-order valence-electron chi connectivity index (χ0n) is 12.6. The maximum atomic E-state index is 11.9. The second-order valence-electron chi connectivity index (χ2n) is 7.02. The minimum absolute atomic E-state index is 0.204. The fourth-order valence-electron chi connectivity index (χ4n) is 2.95. The number of halogens is 1. The Hall–Kier alpha value is -1.49. The summed E-state index contributed by atoms with van der Waals surface area (Å²) in [4.78, 5) is 20.0. The number of nitrogens with zero attached hydrogens (tertiary/aromatic N) is 3. The Labute approximate surface area is 129 Å². The molecule has 0 atom stereocenters. The van der Waals surface area contributed by atoms with Gasteiger partial charge in [-0.25, -0.2) is 4.79 Å². The summed E-state index contributed by atoms with van der Waals surface area (Å²) in [6, 6.07) is 1.80. The van der Waals surface area contributed by atoms with Crippen molar-refractivity contribution >= 4 is 23.4 Å². The number of aromatic nitrogens is 1. The molecule has 2 fully saturated rings. The van der Waals surface area contributed by atoms with E-state index in [-0.39, 0.29) is 11.5 Å². The normalized spacial score (nSPS) is 20.0. The van der Waals surface area contributed by atoms with Crippen molar-refractivity contribution in [3.8, 4) is 0 Å². The minimum Gasteiger partial charge on any atom is -0.444 e. The summed E-state index contributed by atoms with van der Waals surface area (Å²) in [5.41, 5.74) is 0.741. The summed E-state index contributed by atoms with van der Waals surface area (Å²) in [5.74, 6) is 0. The summed E-state index contributed by atoms with van der Waals surface area (Å²) in [6.07, 6.45) is 3.26. The van der Waals surface area contributed by atoms with Crippen molar-refractivity contribution in [1.29, 1.82) is 0 Å². The Bertz CT molecular complexity index is 556. The molecular formula is C15H20ClN3O2. The summed E-state index contributed by atoms with van der Waals surface area (Å²) < 4.78 is 5.38. The predicted octanol–water partition coefficient (Wildman–Crippen LogP) is 2.79. The van der Waals surface area contributed by atoms with Gasteiger partial charge in [0, 0.05) is 37.8 Å². The highest BCUT2D eigenvalue weighted by Crippen LogP contribution is 2.43. The van der Waals surface area contributed by atoms with Gasteiger partial charge in [0.1, 0.15) is 5.60 Å². The van der Waals surface area contributed by atoms with Crippen LogP contribution in [0.15, 0.2) is 18.5 Å². The third-order valence-electron chi connectivity index (χ3n) is 3.85. The molecule has 21 heavy (non-hydrogen) atoms.